The second kappa shape index (κ2) is 5.50. The number of anilines is 1. The molecule has 2 aromatic rings. The van der Waals surface area contributed by atoms with Crippen molar-refractivity contribution in [3.8, 4) is 5.75 Å². The molecule has 6 nitrogen and oxygen atoms in total. The van der Waals surface area contributed by atoms with Gasteiger partial charge in [-0.3, -0.25) is 10.1 Å². The van der Waals surface area contributed by atoms with E-state index in [0.717, 1.165) is 0 Å². The molecule has 1 heterocycles. The van der Waals surface area contributed by atoms with Crippen molar-refractivity contribution in [3.05, 3.63) is 35.6 Å². The molecule has 0 saturated heterocycles. The van der Waals surface area contributed by atoms with Gasteiger partial charge in [-0.05, 0) is 25.1 Å². The number of aromatic nitrogens is 3. The molecule has 0 radical (unpaired) electrons. The maximum absolute atomic E-state index is 11.7. The van der Waals surface area contributed by atoms with E-state index in [1.807, 2.05) is 0 Å². The van der Waals surface area contributed by atoms with Gasteiger partial charge in [-0.2, -0.15) is 10.1 Å². The Hall–Kier alpha value is -2.08. The van der Waals surface area contributed by atoms with Crippen LogP contribution < -0.4 is 10.1 Å². The number of nitrogens with zero attached hydrogens (tertiary/aromatic N) is 2. The fraction of sp³-hybridized carbons (Fsp3) is 0.182. The van der Waals surface area contributed by atoms with Crippen LogP contribution in [0, 0.1) is 0 Å². The Kier molecular flexibility index (Phi) is 3.78. The number of rotatable bonds is 4. The van der Waals surface area contributed by atoms with Crippen LogP contribution in [0.2, 0.25) is 5.02 Å². The van der Waals surface area contributed by atoms with E-state index in [1.54, 1.807) is 31.2 Å². The summed E-state index contributed by atoms with van der Waals surface area (Å²) in [5.41, 5.74) is 0. The lowest BCUT2D eigenvalue weighted by atomic mass is 10.3. The summed E-state index contributed by atoms with van der Waals surface area (Å²) in [7, 11) is 0. The molecule has 1 aromatic heterocycles. The zero-order chi connectivity index (χ0) is 13.0. The molecule has 94 valence electrons. The Morgan fingerprint density at radius 1 is 1.56 bits per heavy atom. The van der Waals surface area contributed by atoms with E-state index in [9.17, 15) is 4.79 Å². The SMILES string of the molecule is C[C@@H](Oc1cccc(Cl)c1)C(=O)Nc1ncn[nH]1. The molecule has 0 unspecified atom stereocenters. The highest BCUT2D eigenvalue weighted by molar-refractivity contribution is 6.30. The Balaban J connectivity index is 1.95. The van der Waals surface area contributed by atoms with Crippen molar-refractivity contribution in [2.24, 2.45) is 0 Å². The largest absolute Gasteiger partial charge is 0.481 e. The van der Waals surface area contributed by atoms with Crippen LogP contribution >= 0.6 is 11.6 Å². The lowest BCUT2D eigenvalue weighted by Gasteiger charge is -2.13. The maximum Gasteiger partial charge on any atom is 0.267 e. The second-order valence-electron chi connectivity index (χ2n) is 3.54. The number of hydrogen-bond acceptors (Lipinski definition) is 4. The minimum atomic E-state index is -0.673. The molecule has 0 bridgehead atoms. The highest BCUT2D eigenvalue weighted by Crippen LogP contribution is 2.18. The van der Waals surface area contributed by atoms with Gasteiger partial charge in [0.25, 0.3) is 5.91 Å². The number of hydrogen-bond donors (Lipinski definition) is 2. The maximum atomic E-state index is 11.7. The molecule has 0 spiro atoms. The van der Waals surface area contributed by atoms with Crippen molar-refractivity contribution in [1.82, 2.24) is 15.2 Å². The van der Waals surface area contributed by atoms with Gasteiger partial charge in [-0.15, -0.1) is 0 Å². The van der Waals surface area contributed by atoms with Gasteiger partial charge in [-0.1, -0.05) is 17.7 Å². The standard InChI is InChI=1S/C11H11ClN4O2/c1-7(10(17)15-11-13-6-14-16-11)18-9-4-2-3-8(12)5-9/h2-7H,1H3,(H2,13,14,15,16,17)/t7-/m1/s1. The lowest BCUT2D eigenvalue weighted by Crippen LogP contribution is -2.30. The number of carbonyl (C=O) groups is 1. The number of aromatic amines is 1. The highest BCUT2D eigenvalue weighted by Gasteiger charge is 2.15. The molecule has 1 amide bonds. The average Bonchev–Trinajstić information content (AvgIpc) is 2.81. The molecule has 1 atom stereocenters. The number of nitrogens with one attached hydrogen (secondary N) is 2. The summed E-state index contributed by atoms with van der Waals surface area (Å²) in [5.74, 6) is 0.482. The van der Waals surface area contributed by atoms with Crippen LogP contribution in [0.5, 0.6) is 5.75 Å². The summed E-state index contributed by atoms with van der Waals surface area (Å²) in [5, 5.41) is 9.23. The predicted octanol–water partition coefficient (Wildman–Crippen LogP) is 1.86. The summed E-state index contributed by atoms with van der Waals surface area (Å²) in [6, 6.07) is 6.84. The Morgan fingerprint density at radius 2 is 2.39 bits per heavy atom. The van der Waals surface area contributed by atoms with Crippen LogP contribution in [-0.2, 0) is 4.79 Å². The quantitative estimate of drug-likeness (QED) is 0.885. The van der Waals surface area contributed by atoms with Crippen LogP contribution in [0.1, 0.15) is 6.92 Å². The first-order valence-corrected chi connectivity index (χ1v) is 5.61. The van der Waals surface area contributed by atoms with Crippen LogP contribution in [-0.4, -0.2) is 27.2 Å². The number of benzene rings is 1. The third kappa shape index (κ3) is 3.21. The van der Waals surface area contributed by atoms with Crippen molar-refractivity contribution in [2.75, 3.05) is 5.32 Å². The number of amides is 1. The van der Waals surface area contributed by atoms with Crippen molar-refractivity contribution in [2.45, 2.75) is 13.0 Å². The summed E-state index contributed by atoms with van der Waals surface area (Å²) in [6.45, 7) is 1.63. The van der Waals surface area contributed by atoms with Gasteiger partial charge in [0.05, 0.1) is 0 Å². The third-order valence-corrected chi connectivity index (χ3v) is 2.37. The molecule has 2 rings (SSSR count). The van der Waals surface area contributed by atoms with Gasteiger partial charge in [0, 0.05) is 5.02 Å². The first-order chi connectivity index (χ1) is 8.65. The molecule has 0 aliphatic carbocycles. The molecule has 1 aromatic carbocycles. The lowest BCUT2D eigenvalue weighted by molar-refractivity contribution is -0.122. The van der Waals surface area contributed by atoms with E-state index < -0.39 is 6.10 Å². The van der Waals surface area contributed by atoms with E-state index in [1.165, 1.54) is 6.33 Å². The molecular weight excluding hydrogens is 256 g/mol. The molecular formula is C11H11ClN4O2. The van der Waals surface area contributed by atoms with Gasteiger partial charge in [-0.25, -0.2) is 5.10 Å². The minimum Gasteiger partial charge on any atom is -0.481 e. The summed E-state index contributed by atoms with van der Waals surface area (Å²) >= 11 is 5.82. The summed E-state index contributed by atoms with van der Waals surface area (Å²) in [4.78, 5) is 15.5. The van der Waals surface area contributed by atoms with Gasteiger partial charge >= 0.3 is 0 Å². The minimum absolute atomic E-state index is 0.279. The zero-order valence-corrected chi connectivity index (χ0v) is 10.3. The molecule has 7 heteroatoms. The monoisotopic (exact) mass is 266 g/mol. The van der Waals surface area contributed by atoms with Crippen LogP contribution in [0.4, 0.5) is 5.95 Å². The summed E-state index contributed by atoms with van der Waals surface area (Å²) in [6.07, 6.45) is 0.631. The molecule has 0 saturated carbocycles. The van der Waals surface area contributed by atoms with E-state index in [0.29, 0.717) is 10.8 Å². The fourth-order valence-electron chi connectivity index (χ4n) is 1.28. The van der Waals surface area contributed by atoms with Crippen molar-refractivity contribution >= 4 is 23.5 Å². The second-order valence-corrected chi connectivity index (χ2v) is 3.98. The first-order valence-electron chi connectivity index (χ1n) is 5.23. The van der Waals surface area contributed by atoms with Crippen molar-refractivity contribution < 1.29 is 9.53 Å². The molecule has 0 fully saturated rings. The summed E-state index contributed by atoms with van der Waals surface area (Å²) < 4.78 is 5.45. The van der Waals surface area contributed by atoms with E-state index in [4.69, 9.17) is 16.3 Å². The van der Waals surface area contributed by atoms with Crippen LogP contribution in [0.25, 0.3) is 0 Å². The smallest absolute Gasteiger partial charge is 0.267 e. The van der Waals surface area contributed by atoms with E-state index in [2.05, 4.69) is 20.5 Å². The normalized spacial score (nSPS) is 11.9. The van der Waals surface area contributed by atoms with Crippen LogP contribution in [0.15, 0.2) is 30.6 Å². The van der Waals surface area contributed by atoms with Gasteiger partial charge in [0.15, 0.2) is 6.10 Å². The number of H-pyrrole nitrogens is 1. The number of halogens is 1. The molecule has 2 N–H and O–H groups in total. The van der Waals surface area contributed by atoms with Gasteiger partial charge < -0.3 is 4.74 Å². The van der Waals surface area contributed by atoms with Crippen molar-refractivity contribution in [3.63, 3.8) is 0 Å². The third-order valence-electron chi connectivity index (χ3n) is 2.13. The predicted molar refractivity (Wildman–Crippen MR) is 66.6 cm³/mol. The Labute approximate surface area is 108 Å². The molecule has 0 aliphatic rings. The van der Waals surface area contributed by atoms with Gasteiger partial charge in [0.1, 0.15) is 12.1 Å². The Morgan fingerprint density at radius 3 is 3.06 bits per heavy atom. The van der Waals surface area contributed by atoms with E-state index in [-0.39, 0.29) is 11.9 Å². The highest BCUT2D eigenvalue weighted by atomic mass is 35.5. The van der Waals surface area contributed by atoms with Crippen LogP contribution in [0.3, 0.4) is 0 Å². The fourth-order valence-corrected chi connectivity index (χ4v) is 1.46. The average molecular weight is 267 g/mol. The van der Waals surface area contributed by atoms with Gasteiger partial charge in [0.2, 0.25) is 5.95 Å². The molecule has 0 aliphatic heterocycles. The molecule has 18 heavy (non-hydrogen) atoms. The number of ether oxygens (including phenoxy) is 1. The van der Waals surface area contributed by atoms with E-state index >= 15 is 0 Å². The topological polar surface area (TPSA) is 79.9 Å². The number of carbonyl (C=O) groups excluding carboxylic acids is 1. The zero-order valence-electron chi connectivity index (χ0n) is 9.55. The van der Waals surface area contributed by atoms with Crippen molar-refractivity contribution in [1.29, 1.82) is 0 Å². The first kappa shape index (κ1) is 12.4. The Bertz CT molecular complexity index is 530.